The van der Waals surface area contributed by atoms with E-state index in [1.165, 1.54) is 0 Å². The van der Waals surface area contributed by atoms with Gasteiger partial charge in [-0.05, 0) is 12.8 Å². The largest absolute Gasteiger partial charge is 0.150 e. The second-order valence-electron chi connectivity index (χ2n) is 2.64. The van der Waals surface area contributed by atoms with Gasteiger partial charge in [0.1, 0.15) is 6.04 Å². The topological polar surface area (TPSA) is 29.4 Å². The molecule has 52 valence electrons. The van der Waals surface area contributed by atoms with Crippen LogP contribution in [0.3, 0.4) is 0 Å². The second kappa shape index (κ2) is 3.38. The van der Waals surface area contributed by atoms with Crippen LogP contribution in [0.5, 0.6) is 0 Å². The van der Waals surface area contributed by atoms with E-state index in [9.17, 15) is 4.91 Å². The van der Waals surface area contributed by atoms with E-state index in [-0.39, 0.29) is 12.0 Å². The van der Waals surface area contributed by atoms with Gasteiger partial charge in [0.05, 0.1) is 0 Å². The predicted molar refractivity (Wildman–Crippen MR) is 39.2 cm³/mol. The summed E-state index contributed by atoms with van der Waals surface area (Å²) >= 11 is 0. The van der Waals surface area contributed by atoms with Gasteiger partial charge in [0.2, 0.25) is 0 Å². The van der Waals surface area contributed by atoms with Gasteiger partial charge in [-0.15, -0.1) is 0 Å². The van der Waals surface area contributed by atoms with Crippen LogP contribution in [-0.4, -0.2) is 6.04 Å². The smallest absolute Gasteiger partial charge is 0.115 e. The summed E-state index contributed by atoms with van der Waals surface area (Å²) in [4.78, 5) is 10.1. The normalized spacial score (nSPS) is 13.3. The molecule has 0 aliphatic carbocycles. The monoisotopic (exact) mass is 127 g/mol. The summed E-state index contributed by atoms with van der Waals surface area (Å²) in [6.07, 6.45) is 0. The minimum atomic E-state index is -0.204. The third kappa shape index (κ3) is 2.40. The number of rotatable bonds is 3. The SMILES string of the molecule is C=C(C)C(N=O)C(C)C. The average Bonchev–Trinajstić information content (AvgIpc) is 1.64. The highest BCUT2D eigenvalue weighted by Gasteiger charge is 2.12. The lowest BCUT2D eigenvalue weighted by Crippen LogP contribution is -2.12. The van der Waals surface area contributed by atoms with E-state index in [4.69, 9.17) is 0 Å². The molecule has 0 heterocycles. The van der Waals surface area contributed by atoms with Crippen LogP contribution >= 0.6 is 0 Å². The number of nitrogens with zero attached hydrogens (tertiary/aromatic N) is 1. The third-order valence-electron chi connectivity index (χ3n) is 1.25. The van der Waals surface area contributed by atoms with Crippen LogP contribution in [0.1, 0.15) is 20.8 Å². The van der Waals surface area contributed by atoms with Gasteiger partial charge in [0, 0.05) is 0 Å². The maximum Gasteiger partial charge on any atom is 0.115 e. The first-order valence-corrected chi connectivity index (χ1v) is 3.07. The molecule has 0 aliphatic heterocycles. The molecule has 0 aromatic carbocycles. The molecule has 0 radical (unpaired) electrons. The summed E-state index contributed by atoms with van der Waals surface area (Å²) in [5.74, 6) is 0.278. The molecule has 0 saturated heterocycles. The Hall–Kier alpha value is -0.660. The lowest BCUT2D eigenvalue weighted by Gasteiger charge is -2.10. The second-order valence-corrected chi connectivity index (χ2v) is 2.64. The first-order valence-electron chi connectivity index (χ1n) is 3.07. The summed E-state index contributed by atoms with van der Waals surface area (Å²) in [5, 5.41) is 2.94. The fourth-order valence-corrected chi connectivity index (χ4v) is 0.781. The van der Waals surface area contributed by atoms with Gasteiger partial charge in [0.25, 0.3) is 0 Å². The van der Waals surface area contributed by atoms with Gasteiger partial charge in [0.15, 0.2) is 0 Å². The van der Waals surface area contributed by atoms with Crippen molar-refractivity contribution in [3.63, 3.8) is 0 Å². The van der Waals surface area contributed by atoms with Crippen LogP contribution in [-0.2, 0) is 0 Å². The summed E-state index contributed by atoms with van der Waals surface area (Å²) in [5.41, 5.74) is 0.847. The fourth-order valence-electron chi connectivity index (χ4n) is 0.781. The van der Waals surface area contributed by atoms with E-state index < -0.39 is 0 Å². The Balaban J connectivity index is 3.98. The van der Waals surface area contributed by atoms with E-state index in [0.29, 0.717) is 0 Å². The molecule has 0 N–H and O–H groups in total. The van der Waals surface area contributed by atoms with E-state index >= 15 is 0 Å². The molecule has 0 fully saturated rings. The maximum absolute atomic E-state index is 10.1. The van der Waals surface area contributed by atoms with Gasteiger partial charge >= 0.3 is 0 Å². The Morgan fingerprint density at radius 1 is 1.56 bits per heavy atom. The minimum Gasteiger partial charge on any atom is -0.150 e. The van der Waals surface area contributed by atoms with Crippen LogP contribution in [0.2, 0.25) is 0 Å². The summed E-state index contributed by atoms with van der Waals surface area (Å²) < 4.78 is 0. The first kappa shape index (κ1) is 8.34. The van der Waals surface area contributed by atoms with Crippen LogP contribution in [0.4, 0.5) is 0 Å². The molecule has 0 aliphatic rings. The highest BCUT2D eigenvalue weighted by molar-refractivity contribution is 5.02. The van der Waals surface area contributed by atoms with Crippen molar-refractivity contribution in [1.29, 1.82) is 0 Å². The highest BCUT2D eigenvalue weighted by atomic mass is 16.3. The van der Waals surface area contributed by atoms with E-state index in [2.05, 4.69) is 11.8 Å². The quantitative estimate of drug-likeness (QED) is 0.422. The molecule has 1 atom stereocenters. The van der Waals surface area contributed by atoms with Crippen molar-refractivity contribution in [3.05, 3.63) is 17.1 Å². The van der Waals surface area contributed by atoms with Gasteiger partial charge in [-0.2, -0.15) is 4.91 Å². The van der Waals surface area contributed by atoms with Gasteiger partial charge < -0.3 is 0 Å². The minimum absolute atomic E-state index is 0.204. The van der Waals surface area contributed by atoms with Gasteiger partial charge in [-0.3, -0.25) is 0 Å². The van der Waals surface area contributed by atoms with Crippen molar-refractivity contribution < 1.29 is 0 Å². The molecular weight excluding hydrogens is 114 g/mol. The fraction of sp³-hybridized carbons (Fsp3) is 0.714. The summed E-state index contributed by atoms with van der Waals surface area (Å²) in [7, 11) is 0. The number of hydrogen-bond donors (Lipinski definition) is 0. The van der Waals surface area contributed by atoms with Crippen LogP contribution < -0.4 is 0 Å². The summed E-state index contributed by atoms with van der Waals surface area (Å²) in [6, 6.07) is -0.204. The molecule has 0 amide bonds. The molecule has 0 rings (SSSR count). The Labute approximate surface area is 55.9 Å². The van der Waals surface area contributed by atoms with Crippen molar-refractivity contribution in [2.45, 2.75) is 26.8 Å². The van der Waals surface area contributed by atoms with Crippen molar-refractivity contribution in [2.75, 3.05) is 0 Å². The molecule has 2 heteroatoms. The molecule has 0 spiro atoms. The molecule has 9 heavy (non-hydrogen) atoms. The van der Waals surface area contributed by atoms with Crippen molar-refractivity contribution >= 4 is 0 Å². The molecule has 2 nitrogen and oxygen atoms in total. The highest BCUT2D eigenvalue weighted by Crippen LogP contribution is 2.12. The van der Waals surface area contributed by atoms with E-state index in [0.717, 1.165) is 5.57 Å². The zero-order valence-corrected chi connectivity index (χ0v) is 6.22. The van der Waals surface area contributed by atoms with E-state index in [1.807, 2.05) is 20.8 Å². The van der Waals surface area contributed by atoms with Crippen molar-refractivity contribution in [2.24, 2.45) is 11.1 Å². The maximum atomic E-state index is 10.1. The standard InChI is InChI=1S/C7H13NO/c1-5(2)7(8-9)6(3)4/h6-7H,1H2,2-4H3. The lowest BCUT2D eigenvalue weighted by molar-refractivity contribution is 0.549. The Kier molecular flexibility index (Phi) is 3.13. The third-order valence-corrected chi connectivity index (χ3v) is 1.25. The Morgan fingerprint density at radius 2 is 2.00 bits per heavy atom. The lowest BCUT2D eigenvalue weighted by atomic mass is 10.00. The molecule has 0 aromatic rings. The number of nitroso groups, excluding NO2 is 1. The van der Waals surface area contributed by atoms with Crippen molar-refractivity contribution in [3.8, 4) is 0 Å². The van der Waals surface area contributed by atoms with Gasteiger partial charge in [-0.25, -0.2) is 0 Å². The number of hydrogen-bond acceptors (Lipinski definition) is 2. The molecule has 0 saturated carbocycles. The predicted octanol–water partition coefficient (Wildman–Crippen LogP) is 2.35. The van der Waals surface area contributed by atoms with Crippen LogP contribution in [0.15, 0.2) is 17.3 Å². The molecule has 1 unspecified atom stereocenters. The molecular formula is C7H13NO. The Bertz CT molecular complexity index is 118. The molecule has 0 bridgehead atoms. The Morgan fingerprint density at radius 3 is 2.00 bits per heavy atom. The van der Waals surface area contributed by atoms with Crippen LogP contribution in [0, 0.1) is 10.8 Å². The first-order chi connectivity index (χ1) is 4.09. The molecule has 0 aromatic heterocycles. The van der Waals surface area contributed by atoms with Crippen LogP contribution in [0.25, 0.3) is 0 Å². The zero-order valence-electron chi connectivity index (χ0n) is 6.22. The zero-order chi connectivity index (χ0) is 7.44. The summed E-state index contributed by atoms with van der Waals surface area (Å²) in [6.45, 7) is 9.40. The average molecular weight is 127 g/mol. The van der Waals surface area contributed by atoms with Crippen molar-refractivity contribution in [1.82, 2.24) is 0 Å². The van der Waals surface area contributed by atoms with Gasteiger partial charge in [-0.1, -0.05) is 31.2 Å². The van der Waals surface area contributed by atoms with E-state index in [1.54, 1.807) is 0 Å².